The number of sulfonamides is 1. The van der Waals surface area contributed by atoms with Crippen LogP contribution in [0.2, 0.25) is 0 Å². The Hall–Kier alpha value is -2.39. The summed E-state index contributed by atoms with van der Waals surface area (Å²) in [4.78, 5) is 12.3. The van der Waals surface area contributed by atoms with Gasteiger partial charge in [-0.25, -0.2) is 8.42 Å². The molecule has 27 heavy (non-hydrogen) atoms. The highest BCUT2D eigenvalue weighted by molar-refractivity contribution is 7.89. The van der Waals surface area contributed by atoms with Gasteiger partial charge in [0.05, 0.1) is 16.0 Å². The molecule has 0 aliphatic heterocycles. The zero-order chi connectivity index (χ0) is 20.2. The SMILES string of the molecule is CCN(CC)S(=O)(=O)c1cccc(NC(=O)c2ccccc2C(F)(F)F)c1. The van der Waals surface area contributed by atoms with Crippen LogP contribution in [0.25, 0.3) is 0 Å². The number of anilines is 1. The third-order valence-corrected chi connectivity index (χ3v) is 5.96. The molecule has 2 aromatic rings. The van der Waals surface area contributed by atoms with Crippen molar-refractivity contribution in [3.05, 3.63) is 59.7 Å². The number of rotatable bonds is 6. The first-order valence-electron chi connectivity index (χ1n) is 8.19. The van der Waals surface area contributed by atoms with Gasteiger partial charge in [0.15, 0.2) is 0 Å². The largest absolute Gasteiger partial charge is 0.417 e. The molecule has 9 heteroatoms. The summed E-state index contributed by atoms with van der Waals surface area (Å²) in [7, 11) is -3.75. The standard InChI is InChI=1S/C18H19F3N2O3S/c1-3-23(4-2)27(25,26)14-9-7-8-13(12-14)22-17(24)15-10-5-6-11-16(15)18(19,20)21/h5-12H,3-4H2,1-2H3,(H,22,24). The van der Waals surface area contributed by atoms with Gasteiger partial charge in [-0.05, 0) is 30.3 Å². The lowest BCUT2D eigenvalue weighted by Gasteiger charge is -2.19. The fraction of sp³-hybridized carbons (Fsp3) is 0.278. The molecule has 0 saturated carbocycles. The molecule has 1 amide bonds. The van der Waals surface area contributed by atoms with Crippen LogP contribution in [0.3, 0.4) is 0 Å². The molecule has 0 unspecified atom stereocenters. The summed E-state index contributed by atoms with van der Waals surface area (Å²) >= 11 is 0. The molecule has 0 saturated heterocycles. The van der Waals surface area contributed by atoms with Gasteiger partial charge in [0.25, 0.3) is 5.91 Å². The maximum Gasteiger partial charge on any atom is 0.417 e. The lowest BCUT2D eigenvalue weighted by Crippen LogP contribution is -2.30. The average Bonchev–Trinajstić information content (AvgIpc) is 2.62. The Morgan fingerprint density at radius 3 is 2.26 bits per heavy atom. The van der Waals surface area contributed by atoms with E-state index in [1.807, 2.05) is 0 Å². The van der Waals surface area contributed by atoms with Crippen LogP contribution in [0.4, 0.5) is 18.9 Å². The Morgan fingerprint density at radius 1 is 1.04 bits per heavy atom. The van der Waals surface area contributed by atoms with Crippen LogP contribution in [0.15, 0.2) is 53.4 Å². The van der Waals surface area contributed by atoms with Crippen LogP contribution < -0.4 is 5.32 Å². The van der Waals surface area contributed by atoms with Gasteiger partial charge in [-0.1, -0.05) is 32.0 Å². The molecule has 0 aliphatic carbocycles. The molecule has 0 heterocycles. The third kappa shape index (κ3) is 4.67. The number of hydrogen-bond acceptors (Lipinski definition) is 3. The van der Waals surface area contributed by atoms with Crippen LogP contribution in [0.1, 0.15) is 29.8 Å². The summed E-state index contributed by atoms with van der Waals surface area (Å²) in [5.41, 5.74) is -1.51. The highest BCUT2D eigenvalue weighted by atomic mass is 32.2. The Balaban J connectivity index is 2.34. The average molecular weight is 400 g/mol. The van der Waals surface area contributed by atoms with Crippen molar-refractivity contribution in [1.29, 1.82) is 0 Å². The molecule has 1 N–H and O–H groups in total. The van der Waals surface area contributed by atoms with E-state index < -0.39 is 33.2 Å². The van der Waals surface area contributed by atoms with Crippen molar-refractivity contribution >= 4 is 21.6 Å². The van der Waals surface area contributed by atoms with Gasteiger partial charge < -0.3 is 5.32 Å². The van der Waals surface area contributed by atoms with E-state index in [4.69, 9.17) is 0 Å². The second-order valence-electron chi connectivity index (χ2n) is 5.61. The Morgan fingerprint density at radius 2 is 1.67 bits per heavy atom. The normalized spacial score (nSPS) is 12.2. The predicted octanol–water partition coefficient (Wildman–Crippen LogP) is 3.99. The van der Waals surface area contributed by atoms with Crippen LogP contribution in [0, 0.1) is 0 Å². The number of nitrogens with one attached hydrogen (secondary N) is 1. The van der Waals surface area contributed by atoms with Gasteiger partial charge in [-0.15, -0.1) is 0 Å². The van der Waals surface area contributed by atoms with Crippen molar-refractivity contribution in [3.8, 4) is 0 Å². The van der Waals surface area contributed by atoms with E-state index in [0.717, 1.165) is 12.1 Å². The van der Waals surface area contributed by atoms with Gasteiger partial charge in [0.1, 0.15) is 0 Å². The summed E-state index contributed by atoms with van der Waals surface area (Å²) < 4.78 is 65.6. The first-order chi connectivity index (χ1) is 12.6. The smallest absolute Gasteiger partial charge is 0.322 e. The summed E-state index contributed by atoms with van der Waals surface area (Å²) in [5, 5.41) is 2.34. The van der Waals surface area contributed by atoms with Crippen molar-refractivity contribution in [2.24, 2.45) is 0 Å². The molecule has 0 aromatic heterocycles. The first-order valence-corrected chi connectivity index (χ1v) is 9.63. The zero-order valence-corrected chi connectivity index (χ0v) is 15.6. The Labute approximate surface area is 155 Å². The summed E-state index contributed by atoms with van der Waals surface area (Å²) in [6.45, 7) is 3.93. The van der Waals surface area contributed by atoms with E-state index in [1.54, 1.807) is 13.8 Å². The summed E-state index contributed by atoms with van der Waals surface area (Å²) in [6, 6.07) is 9.82. The monoisotopic (exact) mass is 400 g/mol. The van der Waals surface area contributed by atoms with E-state index >= 15 is 0 Å². The van der Waals surface area contributed by atoms with Crippen molar-refractivity contribution in [3.63, 3.8) is 0 Å². The summed E-state index contributed by atoms with van der Waals surface area (Å²) in [5.74, 6) is -0.972. The minimum Gasteiger partial charge on any atom is -0.322 e. The van der Waals surface area contributed by atoms with Gasteiger partial charge in [0.2, 0.25) is 10.0 Å². The lowest BCUT2D eigenvalue weighted by atomic mass is 10.1. The molecule has 2 rings (SSSR count). The van der Waals surface area contributed by atoms with E-state index in [-0.39, 0.29) is 23.7 Å². The molecule has 5 nitrogen and oxygen atoms in total. The van der Waals surface area contributed by atoms with E-state index in [0.29, 0.717) is 0 Å². The molecule has 146 valence electrons. The topological polar surface area (TPSA) is 66.5 Å². The molecule has 0 radical (unpaired) electrons. The zero-order valence-electron chi connectivity index (χ0n) is 14.7. The van der Waals surface area contributed by atoms with Gasteiger partial charge >= 0.3 is 6.18 Å². The maximum absolute atomic E-state index is 13.1. The fourth-order valence-electron chi connectivity index (χ4n) is 2.57. The Bertz CT molecular complexity index is 923. The van der Waals surface area contributed by atoms with Crippen LogP contribution >= 0.6 is 0 Å². The number of carbonyl (C=O) groups is 1. The Kier molecular flexibility index (Phi) is 6.27. The molecule has 0 fully saturated rings. The molecule has 2 aromatic carbocycles. The number of benzene rings is 2. The predicted molar refractivity (Wildman–Crippen MR) is 95.9 cm³/mol. The van der Waals surface area contributed by atoms with Crippen molar-refractivity contribution < 1.29 is 26.4 Å². The molecular formula is C18H19F3N2O3S. The maximum atomic E-state index is 13.1. The molecule has 0 bridgehead atoms. The minimum absolute atomic E-state index is 0.0480. The number of halogens is 3. The highest BCUT2D eigenvalue weighted by Crippen LogP contribution is 2.32. The van der Waals surface area contributed by atoms with Gasteiger partial charge in [-0.2, -0.15) is 17.5 Å². The third-order valence-electron chi connectivity index (χ3n) is 3.91. The number of carbonyl (C=O) groups excluding carboxylic acids is 1. The van der Waals surface area contributed by atoms with Crippen LogP contribution in [-0.2, 0) is 16.2 Å². The van der Waals surface area contributed by atoms with E-state index in [9.17, 15) is 26.4 Å². The van der Waals surface area contributed by atoms with E-state index in [2.05, 4.69) is 5.32 Å². The summed E-state index contributed by atoms with van der Waals surface area (Å²) in [6.07, 6.45) is -4.68. The molecule has 0 atom stereocenters. The second kappa shape index (κ2) is 8.10. The minimum atomic E-state index is -4.68. The van der Waals surface area contributed by atoms with Crippen molar-refractivity contribution in [1.82, 2.24) is 4.31 Å². The van der Waals surface area contributed by atoms with Crippen molar-refractivity contribution in [2.75, 3.05) is 18.4 Å². The van der Waals surface area contributed by atoms with Crippen LogP contribution in [-0.4, -0.2) is 31.7 Å². The molecular weight excluding hydrogens is 381 g/mol. The first kappa shape index (κ1) is 20.9. The molecule has 0 aliphatic rings. The quantitative estimate of drug-likeness (QED) is 0.797. The van der Waals surface area contributed by atoms with Crippen molar-refractivity contribution in [2.45, 2.75) is 24.9 Å². The number of amides is 1. The van der Waals surface area contributed by atoms with E-state index in [1.165, 1.54) is 40.7 Å². The van der Waals surface area contributed by atoms with Crippen LogP contribution in [0.5, 0.6) is 0 Å². The highest BCUT2D eigenvalue weighted by Gasteiger charge is 2.34. The lowest BCUT2D eigenvalue weighted by molar-refractivity contribution is -0.137. The number of alkyl halides is 3. The number of nitrogens with zero attached hydrogens (tertiary/aromatic N) is 1. The molecule has 0 spiro atoms. The second-order valence-corrected chi connectivity index (χ2v) is 7.55. The van der Waals surface area contributed by atoms with Gasteiger partial charge in [-0.3, -0.25) is 4.79 Å². The van der Waals surface area contributed by atoms with Gasteiger partial charge in [0, 0.05) is 18.8 Å². The fourth-order valence-corrected chi connectivity index (χ4v) is 4.08. The number of hydrogen-bond donors (Lipinski definition) is 1.